The second-order valence-electron chi connectivity index (χ2n) is 14.4. The zero-order valence-electron chi connectivity index (χ0n) is 30.1. The first-order chi connectivity index (χ1) is 26.7. The summed E-state index contributed by atoms with van der Waals surface area (Å²) in [6, 6.07) is 47.9. The standard InChI is InChI=1S/C49H41N5/c50-48(52-49(34-18-6-2-7-19-34)51-32-33-16-4-1-5-17-33)40-28-29-45(37-23-11-10-22-36(37)40)54-44-27-15-13-25-39(44)42-30-41-38-24-12-14-26-43(38)53(46(41)31-47(42)54)35-20-8-3-9-21-35/h1-6,8-9,11-18,20-21,23-32,48-49,52H,7,10,19,22,50H2/b51-32+. The first kappa shape index (κ1) is 32.4. The Hall–Kier alpha value is -6.27. The van der Waals surface area contributed by atoms with Crippen LogP contribution in [0.4, 0.5) is 0 Å². The molecule has 54 heavy (non-hydrogen) atoms. The van der Waals surface area contributed by atoms with E-state index in [2.05, 4.69) is 160 Å². The molecule has 0 radical (unpaired) electrons. The molecule has 10 rings (SSSR count). The highest BCUT2D eigenvalue weighted by Gasteiger charge is 2.25. The maximum absolute atomic E-state index is 7.15. The summed E-state index contributed by atoms with van der Waals surface area (Å²) >= 11 is 0. The van der Waals surface area contributed by atoms with Crippen LogP contribution in [-0.4, -0.2) is 21.5 Å². The summed E-state index contributed by atoms with van der Waals surface area (Å²) in [6.07, 6.45) is 16.4. The van der Waals surface area contributed by atoms with Crippen LogP contribution in [0, 0.1) is 0 Å². The van der Waals surface area contributed by atoms with Gasteiger partial charge in [0.1, 0.15) is 6.17 Å². The average Bonchev–Trinajstić information content (AvgIpc) is 3.74. The zero-order valence-corrected chi connectivity index (χ0v) is 30.1. The van der Waals surface area contributed by atoms with Crippen molar-refractivity contribution >= 4 is 55.9 Å². The monoisotopic (exact) mass is 699 g/mol. The van der Waals surface area contributed by atoms with Gasteiger partial charge in [0.2, 0.25) is 0 Å². The molecule has 0 bridgehead atoms. The van der Waals surface area contributed by atoms with E-state index < -0.39 is 6.17 Å². The molecule has 0 saturated heterocycles. The third-order valence-electron chi connectivity index (χ3n) is 11.2. The van der Waals surface area contributed by atoms with Gasteiger partial charge in [0.05, 0.1) is 33.9 Å². The molecule has 5 heteroatoms. The van der Waals surface area contributed by atoms with Crippen molar-refractivity contribution in [2.24, 2.45) is 10.7 Å². The molecule has 6 aromatic carbocycles. The molecule has 0 spiro atoms. The highest BCUT2D eigenvalue weighted by atomic mass is 15.1. The summed E-state index contributed by atoms with van der Waals surface area (Å²) in [5.41, 5.74) is 20.2. The highest BCUT2D eigenvalue weighted by Crippen LogP contribution is 2.41. The molecule has 0 amide bonds. The van der Waals surface area contributed by atoms with Crippen LogP contribution >= 0.6 is 0 Å². The van der Waals surface area contributed by atoms with Crippen molar-refractivity contribution in [1.29, 1.82) is 0 Å². The van der Waals surface area contributed by atoms with Gasteiger partial charge < -0.3 is 14.9 Å². The maximum atomic E-state index is 7.15. The van der Waals surface area contributed by atoms with Crippen LogP contribution in [0.15, 0.2) is 168 Å². The van der Waals surface area contributed by atoms with Crippen molar-refractivity contribution in [3.8, 4) is 11.4 Å². The quantitative estimate of drug-likeness (QED) is 0.123. The molecule has 2 heterocycles. The molecule has 0 aliphatic heterocycles. The fourth-order valence-corrected chi connectivity index (χ4v) is 8.65. The minimum atomic E-state index is -0.400. The lowest BCUT2D eigenvalue weighted by molar-refractivity contribution is 0.481. The lowest BCUT2D eigenvalue weighted by Crippen LogP contribution is -2.38. The van der Waals surface area contributed by atoms with Crippen molar-refractivity contribution < 1.29 is 0 Å². The number of para-hydroxylation sites is 3. The van der Waals surface area contributed by atoms with Gasteiger partial charge in [-0.1, -0.05) is 121 Å². The largest absolute Gasteiger partial charge is 0.312 e. The molecular weight excluding hydrogens is 659 g/mol. The van der Waals surface area contributed by atoms with Crippen LogP contribution in [0.5, 0.6) is 0 Å². The molecule has 0 saturated carbocycles. The fourth-order valence-electron chi connectivity index (χ4n) is 8.65. The lowest BCUT2D eigenvalue weighted by atomic mass is 9.89. The van der Waals surface area contributed by atoms with Gasteiger partial charge in [-0.2, -0.15) is 0 Å². The molecule has 2 aromatic heterocycles. The molecule has 2 aliphatic carbocycles. The highest BCUT2D eigenvalue weighted by molar-refractivity contribution is 6.19. The van der Waals surface area contributed by atoms with E-state index in [9.17, 15) is 0 Å². The molecule has 3 N–H and O–H groups in total. The summed E-state index contributed by atoms with van der Waals surface area (Å²) in [5.74, 6) is 0. The van der Waals surface area contributed by atoms with Crippen molar-refractivity contribution in [1.82, 2.24) is 14.5 Å². The summed E-state index contributed by atoms with van der Waals surface area (Å²) in [6.45, 7) is 0. The van der Waals surface area contributed by atoms with E-state index in [0.29, 0.717) is 0 Å². The minimum absolute atomic E-state index is 0.226. The van der Waals surface area contributed by atoms with E-state index in [-0.39, 0.29) is 6.17 Å². The first-order valence-corrected chi connectivity index (χ1v) is 19.0. The van der Waals surface area contributed by atoms with Crippen LogP contribution in [0.2, 0.25) is 0 Å². The van der Waals surface area contributed by atoms with Gasteiger partial charge >= 0.3 is 0 Å². The topological polar surface area (TPSA) is 60.3 Å². The number of allylic oxidation sites excluding steroid dienone is 4. The van der Waals surface area contributed by atoms with Crippen LogP contribution < -0.4 is 11.1 Å². The number of hydrogen-bond donors (Lipinski definition) is 2. The van der Waals surface area contributed by atoms with Gasteiger partial charge in [0, 0.05) is 39.0 Å². The zero-order chi connectivity index (χ0) is 36.0. The SMILES string of the molecule is NC(NC(/N=C/c1ccccc1)C1=CC=CCC1)c1ccc(-n2c3ccccc3c3cc4c5ccccc5n(-c5ccccc5)c4cc32)c2c1CCC=C2. The number of fused-ring (bicyclic) bond motifs is 7. The van der Waals surface area contributed by atoms with E-state index in [1.54, 1.807) is 0 Å². The van der Waals surface area contributed by atoms with E-state index in [1.807, 2.05) is 24.4 Å². The molecule has 2 aliphatic rings. The number of aromatic nitrogens is 2. The smallest absolute Gasteiger partial charge is 0.123 e. The number of hydrogen-bond acceptors (Lipinski definition) is 3. The summed E-state index contributed by atoms with van der Waals surface area (Å²) in [7, 11) is 0. The molecular formula is C49H41N5. The average molecular weight is 700 g/mol. The second kappa shape index (κ2) is 13.6. The Bertz CT molecular complexity index is 2820. The Morgan fingerprint density at radius 1 is 0.630 bits per heavy atom. The van der Waals surface area contributed by atoms with Crippen molar-refractivity contribution in [3.05, 3.63) is 186 Å². The Morgan fingerprint density at radius 2 is 1.30 bits per heavy atom. The Labute approximate surface area is 315 Å². The number of aliphatic imine (C=N–C) groups is 1. The Morgan fingerprint density at radius 3 is 2.04 bits per heavy atom. The molecule has 5 nitrogen and oxygen atoms in total. The van der Waals surface area contributed by atoms with E-state index >= 15 is 0 Å². The first-order valence-electron chi connectivity index (χ1n) is 19.0. The van der Waals surface area contributed by atoms with Gasteiger partial charge in [0.15, 0.2) is 0 Å². The number of nitrogens with one attached hydrogen (secondary N) is 1. The Balaban J connectivity index is 1.13. The minimum Gasteiger partial charge on any atom is -0.312 e. The fraction of sp³-hybridized carbons (Fsp3) is 0.122. The van der Waals surface area contributed by atoms with Crippen LogP contribution in [0.1, 0.15) is 47.7 Å². The number of nitrogens with two attached hydrogens (primary N) is 1. The van der Waals surface area contributed by atoms with Gasteiger partial charge in [0.25, 0.3) is 0 Å². The number of nitrogens with zero attached hydrogens (tertiary/aromatic N) is 3. The van der Waals surface area contributed by atoms with E-state index in [1.165, 1.54) is 66.0 Å². The third-order valence-corrected chi connectivity index (χ3v) is 11.2. The maximum Gasteiger partial charge on any atom is 0.123 e. The Kier molecular flexibility index (Phi) is 8.16. The lowest BCUT2D eigenvalue weighted by Gasteiger charge is -2.28. The molecule has 2 unspecified atom stereocenters. The van der Waals surface area contributed by atoms with E-state index in [0.717, 1.165) is 42.5 Å². The summed E-state index contributed by atoms with van der Waals surface area (Å²) in [4.78, 5) is 5.05. The second-order valence-corrected chi connectivity index (χ2v) is 14.4. The predicted molar refractivity (Wildman–Crippen MR) is 227 cm³/mol. The summed E-state index contributed by atoms with van der Waals surface area (Å²) in [5, 5.41) is 8.74. The van der Waals surface area contributed by atoms with Crippen LogP contribution in [-0.2, 0) is 6.42 Å². The third kappa shape index (κ3) is 5.52. The summed E-state index contributed by atoms with van der Waals surface area (Å²) < 4.78 is 4.88. The van der Waals surface area contributed by atoms with E-state index in [4.69, 9.17) is 10.7 Å². The van der Waals surface area contributed by atoms with Crippen molar-refractivity contribution in [3.63, 3.8) is 0 Å². The van der Waals surface area contributed by atoms with Gasteiger partial charge in [-0.25, -0.2) is 0 Å². The van der Waals surface area contributed by atoms with Gasteiger partial charge in [-0.05, 0) is 90.4 Å². The van der Waals surface area contributed by atoms with Gasteiger partial charge in [-0.3, -0.25) is 10.3 Å². The molecule has 0 fully saturated rings. The molecule has 8 aromatic rings. The normalized spacial score (nSPS) is 15.4. The number of benzene rings is 6. The number of rotatable bonds is 8. The van der Waals surface area contributed by atoms with Crippen LogP contribution in [0.25, 0.3) is 61.1 Å². The van der Waals surface area contributed by atoms with Crippen LogP contribution in [0.3, 0.4) is 0 Å². The predicted octanol–water partition coefficient (Wildman–Crippen LogP) is 11.1. The molecule has 2 atom stereocenters. The van der Waals surface area contributed by atoms with Gasteiger partial charge in [-0.15, -0.1) is 0 Å². The van der Waals surface area contributed by atoms with Crippen molar-refractivity contribution in [2.75, 3.05) is 0 Å². The van der Waals surface area contributed by atoms with Crippen molar-refractivity contribution in [2.45, 2.75) is 38.0 Å². The molecule has 262 valence electrons.